The van der Waals surface area contributed by atoms with Crippen molar-refractivity contribution in [2.24, 2.45) is 0 Å². The van der Waals surface area contributed by atoms with Crippen LogP contribution in [0.5, 0.6) is 0 Å². The lowest BCUT2D eigenvalue weighted by molar-refractivity contribution is -0.115. The Labute approximate surface area is 161 Å². The van der Waals surface area contributed by atoms with E-state index >= 15 is 0 Å². The van der Waals surface area contributed by atoms with Crippen LogP contribution in [0.25, 0.3) is 11.3 Å². The van der Waals surface area contributed by atoms with Crippen LogP contribution in [0, 0.1) is 0 Å². The first-order valence-electron chi connectivity index (χ1n) is 8.91. The molecule has 0 saturated carbocycles. The summed E-state index contributed by atoms with van der Waals surface area (Å²) >= 11 is 3.32. The van der Waals surface area contributed by atoms with E-state index in [2.05, 4.69) is 15.6 Å². The molecule has 0 unspecified atom stereocenters. The van der Waals surface area contributed by atoms with Crippen LogP contribution in [0.3, 0.4) is 0 Å². The molecule has 2 aromatic heterocycles. The Balaban J connectivity index is 1.39. The van der Waals surface area contributed by atoms with Gasteiger partial charge in [0.1, 0.15) is 0 Å². The standard InChI is InChI=1S/C20H21N3OS2/c24-19(13-17-5-4-12-25-17)21-16-8-6-15(7-9-16)18-14-26-20(22-18)23-10-2-1-3-11-23/h4-9,12,14H,1-3,10-11,13H2,(H,21,24). The summed E-state index contributed by atoms with van der Waals surface area (Å²) in [4.78, 5) is 20.4. The van der Waals surface area contributed by atoms with Crippen molar-refractivity contribution in [1.29, 1.82) is 0 Å². The maximum absolute atomic E-state index is 12.1. The Morgan fingerprint density at radius 1 is 1.08 bits per heavy atom. The summed E-state index contributed by atoms with van der Waals surface area (Å²) in [6.07, 6.45) is 4.27. The Hall–Kier alpha value is -2.18. The van der Waals surface area contributed by atoms with Crippen LogP contribution in [0.1, 0.15) is 24.1 Å². The summed E-state index contributed by atoms with van der Waals surface area (Å²) in [6.45, 7) is 2.23. The summed E-state index contributed by atoms with van der Waals surface area (Å²) in [5, 5.41) is 8.18. The van der Waals surface area contributed by atoms with E-state index in [0.29, 0.717) is 6.42 Å². The number of piperidine rings is 1. The van der Waals surface area contributed by atoms with Crippen molar-refractivity contribution in [3.05, 3.63) is 52.0 Å². The predicted molar refractivity (Wildman–Crippen MR) is 110 cm³/mol. The highest BCUT2D eigenvalue weighted by molar-refractivity contribution is 7.14. The molecule has 1 aliphatic heterocycles. The molecule has 1 aliphatic rings. The summed E-state index contributed by atoms with van der Waals surface area (Å²) in [5.74, 6) is 0.0150. The minimum Gasteiger partial charge on any atom is -0.348 e. The van der Waals surface area contributed by atoms with E-state index in [1.807, 2.05) is 41.8 Å². The largest absolute Gasteiger partial charge is 0.348 e. The molecule has 0 atom stereocenters. The fraction of sp³-hybridized carbons (Fsp3) is 0.300. The maximum Gasteiger partial charge on any atom is 0.229 e. The molecule has 1 N–H and O–H groups in total. The SMILES string of the molecule is O=C(Cc1cccs1)Nc1ccc(-c2csc(N3CCCCC3)n2)cc1. The molecule has 0 spiro atoms. The zero-order valence-corrected chi connectivity index (χ0v) is 16.1. The van der Waals surface area contributed by atoms with Crippen molar-refractivity contribution >= 4 is 39.4 Å². The van der Waals surface area contributed by atoms with Gasteiger partial charge in [-0.1, -0.05) is 18.2 Å². The number of thiophene rings is 1. The normalized spacial score (nSPS) is 14.4. The maximum atomic E-state index is 12.1. The van der Waals surface area contributed by atoms with E-state index in [0.717, 1.165) is 40.0 Å². The number of hydrogen-bond donors (Lipinski definition) is 1. The number of thiazole rings is 1. The quantitative estimate of drug-likeness (QED) is 0.671. The first kappa shape index (κ1) is 17.2. The number of carbonyl (C=O) groups is 1. The first-order chi connectivity index (χ1) is 12.8. The van der Waals surface area contributed by atoms with Gasteiger partial charge in [0.05, 0.1) is 12.1 Å². The molecule has 1 fully saturated rings. The molecule has 134 valence electrons. The van der Waals surface area contributed by atoms with Gasteiger partial charge in [0.15, 0.2) is 5.13 Å². The minimum atomic E-state index is 0.0150. The van der Waals surface area contributed by atoms with Crippen LogP contribution >= 0.6 is 22.7 Å². The fourth-order valence-corrected chi connectivity index (χ4v) is 4.72. The average molecular weight is 384 g/mol. The van der Waals surface area contributed by atoms with Gasteiger partial charge in [-0.25, -0.2) is 4.98 Å². The molecular weight excluding hydrogens is 362 g/mol. The highest BCUT2D eigenvalue weighted by Crippen LogP contribution is 2.29. The molecule has 1 aromatic carbocycles. The number of benzene rings is 1. The van der Waals surface area contributed by atoms with Crippen LogP contribution in [0.15, 0.2) is 47.2 Å². The zero-order chi connectivity index (χ0) is 17.8. The van der Waals surface area contributed by atoms with Crippen LogP contribution in [-0.2, 0) is 11.2 Å². The van der Waals surface area contributed by atoms with E-state index < -0.39 is 0 Å². The van der Waals surface area contributed by atoms with Crippen molar-refractivity contribution in [2.75, 3.05) is 23.3 Å². The van der Waals surface area contributed by atoms with Gasteiger partial charge in [0.2, 0.25) is 5.91 Å². The van der Waals surface area contributed by atoms with E-state index in [-0.39, 0.29) is 5.91 Å². The second-order valence-corrected chi connectivity index (χ2v) is 8.31. The second-order valence-electron chi connectivity index (χ2n) is 6.44. The second kappa shape index (κ2) is 8.01. The van der Waals surface area contributed by atoms with Crippen molar-refractivity contribution in [3.8, 4) is 11.3 Å². The highest BCUT2D eigenvalue weighted by Gasteiger charge is 2.15. The number of nitrogens with one attached hydrogen (secondary N) is 1. The number of carbonyl (C=O) groups excluding carboxylic acids is 1. The third kappa shape index (κ3) is 4.14. The van der Waals surface area contributed by atoms with Gasteiger partial charge < -0.3 is 10.2 Å². The lowest BCUT2D eigenvalue weighted by atomic mass is 10.1. The van der Waals surface area contributed by atoms with Crippen molar-refractivity contribution in [1.82, 2.24) is 4.98 Å². The summed E-state index contributed by atoms with van der Waals surface area (Å²) < 4.78 is 0. The molecule has 3 aromatic rings. The van der Waals surface area contributed by atoms with Crippen LogP contribution in [0.2, 0.25) is 0 Å². The molecule has 3 heterocycles. The fourth-order valence-electron chi connectivity index (χ4n) is 3.13. The number of rotatable bonds is 5. The minimum absolute atomic E-state index is 0.0150. The van der Waals surface area contributed by atoms with Crippen molar-refractivity contribution < 1.29 is 4.79 Å². The Kier molecular flexibility index (Phi) is 5.32. The van der Waals surface area contributed by atoms with Crippen LogP contribution in [-0.4, -0.2) is 24.0 Å². The van der Waals surface area contributed by atoms with E-state index in [9.17, 15) is 4.79 Å². The van der Waals surface area contributed by atoms with Gasteiger partial charge in [-0.3, -0.25) is 4.79 Å². The third-order valence-electron chi connectivity index (χ3n) is 4.50. The summed E-state index contributed by atoms with van der Waals surface area (Å²) in [7, 11) is 0. The molecule has 1 saturated heterocycles. The molecule has 0 radical (unpaired) electrons. The van der Waals surface area contributed by atoms with Gasteiger partial charge in [-0.05, 0) is 42.8 Å². The number of amides is 1. The smallest absolute Gasteiger partial charge is 0.229 e. The van der Waals surface area contributed by atoms with Gasteiger partial charge >= 0.3 is 0 Å². The lowest BCUT2D eigenvalue weighted by Crippen LogP contribution is -2.29. The lowest BCUT2D eigenvalue weighted by Gasteiger charge is -2.25. The highest BCUT2D eigenvalue weighted by atomic mass is 32.1. The molecule has 6 heteroatoms. The summed E-state index contributed by atoms with van der Waals surface area (Å²) in [6, 6.07) is 11.9. The monoisotopic (exact) mass is 383 g/mol. The zero-order valence-electron chi connectivity index (χ0n) is 14.5. The predicted octanol–water partition coefficient (Wildman–Crippen LogP) is 5.04. The van der Waals surface area contributed by atoms with Gasteiger partial charge in [-0.2, -0.15) is 0 Å². The van der Waals surface area contributed by atoms with E-state index in [4.69, 9.17) is 4.98 Å². The van der Waals surface area contributed by atoms with Crippen LogP contribution < -0.4 is 10.2 Å². The molecule has 4 nitrogen and oxygen atoms in total. The Morgan fingerprint density at radius 2 is 1.88 bits per heavy atom. The van der Waals surface area contributed by atoms with Gasteiger partial charge in [-0.15, -0.1) is 22.7 Å². The average Bonchev–Trinajstić information content (AvgIpc) is 3.35. The van der Waals surface area contributed by atoms with Crippen molar-refractivity contribution in [3.63, 3.8) is 0 Å². The number of nitrogens with zero attached hydrogens (tertiary/aromatic N) is 2. The Bertz CT molecular complexity index is 850. The van der Waals surface area contributed by atoms with E-state index in [1.165, 1.54) is 19.3 Å². The topological polar surface area (TPSA) is 45.2 Å². The van der Waals surface area contributed by atoms with E-state index in [1.54, 1.807) is 22.7 Å². The Morgan fingerprint density at radius 3 is 2.62 bits per heavy atom. The first-order valence-corrected chi connectivity index (χ1v) is 10.7. The molecule has 26 heavy (non-hydrogen) atoms. The van der Waals surface area contributed by atoms with Crippen LogP contribution in [0.4, 0.5) is 10.8 Å². The molecule has 0 aliphatic carbocycles. The van der Waals surface area contributed by atoms with Gasteiger partial charge in [0.25, 0.3) is 0 Å². The summed E-state index contributed by atoms with van der Waals surface area (Å²) in [5.41, 5.74) is 2.91. The molecular formula is C20H21N3OS2. The molecule has 0 bridgehead atoms. The number of aromatic nitrogens is 1. The number of anilines is 2. The van der Waals surface area contributed by atoms with Gasteiger partial charge in [0, 0.05) is 34.6 Å². The molecule has 4 rings (SSSR count). The van der Waals surface area contributed by atoms with Crippen molar-refractivity contribution in [2.45, 2.75) is 25.7 Å². The molecule has 1 amide bonds. The third-order valence-corrected chi connectivity index (χ3v) is 6.28. The number of hydrogen-bond acceptors (Lipinski definition) is 5.